The van der Waals surface area contributed by atoms with Crippen LogP contribution in [0, 0.1) is 19.4 Å². The van der Waals surface area contributed by atoms with Crippen LogP contribution in [0.2, 0.25) is 0 Å². The van der Waals surface area contributed by atoms with Crippen molar-refractivity contribution in [3.63, 3.8) is 0 Å². The zero-order valence-corrected chi connectivity index (χ0v) is 11.5. The summed E-state index contributed by atoms with van der Waals surface area (Å²) in [6.07, 6.45) is 0. The quantitative estimate of drug-likeness (QED) is 0.214. The van der Waals surface area contributed by atoms with Gasteiger partial charge in [-0.05, 0) is 48.6 Å². The second-order valence-electron chi connectivity index (χ2n) is 5.47. The first kappa shape index (κ1) is 11.3. The molecule has 0 heterocycles. The average molecular weight is 258 g/mol. The van der Waals surface area contributed by atoms with Gasteiger partial charge in [-0.2, -0.15) is 0 Å². The van der Waals surface area contributed by atoms with Crippen LogP contribution in [0.3, 0.4) is 0 Å². The maximum atomic E-state index is 7.23. The molecule has 2 heteroatoms. The first-order chi connectivity index (χ1) is 9.69. The average Bonchev–Trinajstić information content (AvgIpc) is 2.48. The third-order valence-corrected chi connectivity index (χ3v) is 4.36. The Morgan fingerprint density at radius 2 is 1.70 bits per heavy atom. The van der Waals surface area contributed by atoms with Crippen LogP contribution in [0.25, 0.3) is 32.3 Å². The van der Waals surface area contributed by atoms with Crippen LogP contribution in [0.5, 0.6) is 0 Å². The molecule has 0 atom stereocenters. The summed E-state index contributed by atoms with van der Waals surface area (Å²) >= 11 is 0. The summed E-state index contributed by atoms with van der Waals surface area (Å²) in [4.78, 5) is 3.58. The van der Waals surface area contributed by atoms with Gasteiger partial charge >= 0.3 is 5.36 Å². The van der Waals surface area contributed by atoms with E-state index in [-0.39, 0.29) is 0 Å². The Hall–Kier alpha value is -2.57. The summed E-state index contributed by atoms with van der Waals surface area (Å²) in [5.74, 6) is 0. The van der Waals surface area contributed by atoms with Crippen molar-refractivity contribution in [3.05, 3.63) is 58.9 Å². The van der Waals surface area contributed by atoms with Crippen LogP contribution in [0.1, 0.15) is 11.1 Å². The minimum Gasteiger partial charge on any atom is -0.0508 e. The standard InChI is InChI=1S/C18H14N2/c1-10-7-12-3-4-13-8-15(20-19)9-14-5-6-16(11(10)2)18(12)17(13)14/h3-9,19H,1-2H3/q+2. The number of nitrogens with one attached hydrogen (secondary N) is 1. The minimum atomic E-state index is 0.712. The fourth-order valence-corrected chi connectivity index (χ4v) is 3.23. The van der Waals surface area contributed by atoms with Crippen molar-refractivity contribution >= 4 is 32.3 Å². The van der Waals surface area contributed by atoms with E-state index in [1.807, 2.05) is 12.1 Å². The van der Waals surface area contributed by atoms with Gasteiger partial charge in [-0.3, -0.25) is 0 Å². The molecule has 4 aromatic carbocycles. The Bertz CT molecular complexity index is 1040. The predicted molar refractivity (Wildman–Crippen MR) is 81.3 cm³/mol. The summed E-state index contributed by atoms with van der Waals surface area (Å²) in [7, 11) is 0. The molecule has 0 aliphatic carbocycles. The molecule has 4 aromatic rings. The molecule has 20 heavy (non-hydrogen) atoms. The number of hydrogen-bond acceptors (Lipinski definition) is 1. The van der Waals surface area contributed by atoms with Gasteiger partial charge in [0, 0.05) is 16.8 Å². The van der Waals surface area contributed by atoms with Crippen molar-refractivity contribution in [3.8, 4) is 0 Å². The van der Waals surface area contributed by atoms with E-state index in [1.54, 1.807) is 0 Å². The van der Waals surface area contributed by atoms with E-state index in [1.165, 1.54) is 32.7 Å². The van der Waals surface area contributed by atoms with Crippen molar-refractivity contribution in [2.45, 2.75) is 13.8 Å². The van der Waals surface area contributed by atoms with E-state index in [0.717, 1.165) is 10.8 Å². The van der Waals surface area contributed by atoms with E-state index in [4.69, 9.17) is 5.53 Å². The van der Waals surface area contributed by atoms with Gasteiger partial charge in [0.05, 0.1) is 21.1 Å². The summed E-state index contributed by atoms with van der Waals surface area (Å²) in [5, 5.41) is 8.27. The highest BCUT2D eigenvalue weighted by molar-refractivity contribution is 6.23. The van der Waals surface area contributed by atoms with E-state index >= 15 is 0 Å². The first-order valence-corrected chi connectivity index (χ1v) is 6.75. The van der Waals surface area contributed by atoms with Gasteiger partial charge in [-0.15, -0.1) is 0 Å². The minimum absolute atomic E-state index is 0.712. The Morgan fingerprint density at radius 3 is 2.50 bits per heavy atom. The van der Waals surface area contributed by atoms with E-state index < -0.39 is 0 Å². The Labute approximate surface area is 116 Å². The normalized spacial score (nSPS) is 11.5. The maximum Gasteiger partial charge on any atom is 0.442 e. The molecule has 0 aliphatic rings. The molecule has 0 aliphatic heterocycles. The third kappa shape index (κ3) is 1.31. The Kier molecular flexibility index (Phi) is 2.10. The summed E-state index contributed by atoms with van der Waals surface area (Å²) < 4.78 is 0. The molecule has 0 saturated heterocycles. The molecule has 4 rings (SSSR count). The molecule has 0 saturated carbocycles. The van der Waals surface area contributed by atoms with E-state index in [2.05, 4.69) is 49.0 Å². The van der Waals surface area contributed by atoms with Gasteiger partial charge in [-0.25, -0.2) is 0 Å². The lowest BCUT2D eigenvalue weighted by Gasteiger charge is -2.09. The number of benzene rings is 4. The first-order valence-electron chi connectivity index (χ1n) is 6.75. The SMILES string of the molecule is Cc1cc2ccc3[cH+]c(=[N+]=N)cc4ccc(c1C)c2c43. The van der Waals surface area contributed by atoms with E-state index in [0.29, 0.717) is 5.36 Å². The molecule has 0 radical (unpaired) electrons. The smallest absolute Gasteiger partial charge is 0.0508 e. The second-order valence-corrected chi connectivity index (χ2v) is 5.47. The number of aryl methyl sites for hydroxylation is 2. The van der Waals surface area contributed by atoms with Crippen LogP contribution in [0.15, 0.2) is 42.5 Å². The topological polar surface area (TPSA) is 38.0 Å². The Balaban J connectivity index is 2.43. The molecule has 0 unspecified atom stereocenters. The largest absolute Gasteiger partial charge is 0.442 e. The molecule has 94 valence electrons. The molecule has 0 amide bonds. The maximum absolute atomic E-state index is 7.23. The Morgan fingerprint density at radius 1 is 0.950 bits per heavy atom. The van der Waals surface area contributed by atoms with Crippen molar-refractivity contribution in [2.24, 2.45) is 0 Å². The van der Waals surface area contributed by atoms with Crippen LogP contribution >= 0.6 is 0 Å². The number of hydrogen-bond donors (Lipinski definition) is 1. The molecule has 0 aromatic heterocycles. The molecule has 2 nitrogen and oxygen atoms in total. The summed E-state index contributed by atoms with van der Waals surface area (Å²) in [6.45, 7) is 4.35. The van der Waals surface area contributed by atoms with Gasteiger partial charge in [0.15, 0.2) is 0 Å². The fourth-order valence-electron chi connectivity index (χ4n) is 3.23. The second kappa shape index (κ2) is 3.72. The van der Waals surface area contributed by atoms with Crippen LogP contribution in [0.4, 0.5) is 0 Å². The zero-order chi connectivity index (χ0) is 13.9. The van der Waals surface area contributed by atoms with Crippen molar-refractivity contribution < 1.29 is 4.79 Å². The lowest BCUT2D eigenvalue weighted by atomic mass is 9.90. The van der Waals surface area contributed by atoms with E-state index in [9.17, 15) is 0 Å². The van der Waals surface area contributed by atoms with Gasteiger partial charge in [0.2, 0.25) is 0 Å². The number of nitrogens with zero attached hydrogens (tertiary/aromatic N) is 1. The van der Waals surface area contributed by atoms with Crippen molar-refractivity contribution in [1.29, 1.82) is 5.53 Å². The molecule has 0 spiro atoms. The molecule has 0 fully saturated rings. The summed E-state index contributed by atoms with van der Waals surface area (Å²) in [6, 6.07) is 14.9. The van der Waals surface area contributed by atoms with Gasteiger partial charge in [-0.1, -0.05) is 6.07 Å². The summed E-state index contributed by atoms with van der Waals surface area (Å²) in [5.41, 5.74) is 9.91. The predicted octanol–water partition coefficient (Wildman–Crippen LogP) is 4.06. The van der Waals surface area contributed by atoms with Crippen LogP contribution in [-0.2, 0) is 0 Å². The lowest BCUT2D eigenvalue weighted by Crippen LogP contribution is -2.02. The fraction of sp³-hybridized carbons (Fsp3) is 0.111. The highest BCUT2D eigenvalue weighted by Crippen LogP contribution is 2.36. The van der Waals surface area contributed by atoms with Crippen LogP contribution < -0.4 is 5.36 Å². The number of rotatable bonds is 0. The van der Waals surface area contributed by atoms with Gasteiger partial charge in [0.1, 0.15) is 17.5 Å². The van der Waals surface area contributed by atoms with Crippen LogP contribution in [-0.4, -0.2) is 4.79 Å². The van der Waals surface area contributed by atoms with Gasteiger partial charge in [0.25, 0.3) is 0 Å². The molecule has 0 bridgehead atoms. The monoisotopic (exact) mass is 258 g/mol. The molecule has 1 N–H and O–H groups in total. The zero-order valence-electron chi connectivity index (χ0n) is 11.5. The lowest BCUT2D eigenvalue weighted by molar-refractivity contribution is -0.171. The highest BCUT2D eigenvalue weighted by Gasteiger charge is 2.18. The molecular formula is C18H14N2+2. The van der Waals surface area contributed by atoms with Crippen molar-refractivity contribution in [1.82, 2.24) is 0 Å². The highest BCUT2D eigenvalue weighted by atomic mass is 14.8. The van der Waals surface area contributed by atoms with Gasteiger partial charge < -0.3 is 0 Å². The third-order valence-electron chi connectivity index (χ3n) is 4.36. The van der Waals surface area contributed by atoms with Crippen molar-refractivity contribution in [2.75, 3.05) is 0 Å². The molecular weight excluding hydrogens is 244 g/mol.